The molecule has 172 valence electrons. The quantitative estimate of drug-likeness (QED) is 0.357. The van der Waals surface area contributed by atoms with Gasteiger partial charge < -0.3 is 30.2 Å². The maximum absolute atomic E-state index is 12.9. The van der Waals surface area contributed by atoms with Gasteiger partial charge >= 0.3 is 0 Å². The third-order valence-corrected chi connectivity index (χ3v) is 4.70. The number of amides is 1. The minimum Gasteiger partial charge on any atom is -0.491 e. The third-order valence-electron chi connectivity index (χ3n) is 4.70. The second-order valence-corrected chi connectivity index (χ2v) is 7.12. The molecule has 0 saturated carbocycles. The molecule has 8 heteroatoms. The summed E-state index contributed by atoms with van der Waals surface area (Å²) < 4.78 is 24.2. The zero-order chi connectivity index (χ0) is 24.3. The summed E-state index contributed by atoms with van der Waals surface area (Å²) in [6, 6.07) is 25.1. The molecule has 0 aromatic heterocycles. The van der Waals surface area contributed by atoms with Crippen molar-refractivity contribution in [2.24, 2.45) is 5.73 Å². The van der Waals surface area contributed by atoms with Gasteiger partial charge in [-0.25, -0.2) is 0 Å². The minimum atomic E-state index is -1.71. The number of nitrogens with two attached hydrogens (primary N) is 1. The number of hydrogen-bond donors (Lipinski definition) is 3. The highest BCUT2D eigenvalue weighted by Gasteiger charge is 2.42. The second-order valence-electron chi connectivity index (χ2n) is 7.12. The van der Waals surface area contributed by atoms with Crippen molar-refractivity contribution >= 4 is 11.7 Å². The SMILES string of the molecule is [2H]NC(=O)C(=O)[C@H](Oc1ccccc1)[C@@H](Oc1ccccc1)[C@H](O)[C@H](O)COc1ccccc1. The van der Waals surface area contributed by atoms with Crippen molar-refractivity contribution in [3.05, 3.63) is 91.0 Å². The van der Waals surface area contributed by atoms with Crippen LogP contribution in [0.4, 0.5) is 0 Å². The van der Waals surface area contributed by atoms with Crippen LogP contribution < -0.4 is 19.9 Å². The molecule has 0 spiro atoms. The van der Waals surface area contributed by atoms with Gasteiger partial charge in [0.1, 0.15) is 36.1 Å². The van der Waals surface area contributed by atoms with Gasteiger partial charge in [0.2, 0.25) is 6.10 Å². The molecule has 3 aromatic carbocycles. The molecule has 8 nitrogen and oxygen atoms in total. The van der Waals surface area contributed by atoms with Crippen LogP contribution in [-0.2, 0) is 9.59 Å². The Morgan fingerprint density at radius 2 is 1.27 bits per heavy atom. The van der Waals surface area contributed by atoms with Gasteiger partial charge in [-0.15, -0.1) is 0 Å². The van der Waals surface area contributed by atoms with E-state index in [1.54, 1.807) is 91.0 Å². The van der Waals surface area contributed by atoms with E-state index in [9.17, 15) is 19.8 Å². The van der Waals surface area contributed by atoms with E-state index >= 15 is 0 Å². The number of aliphatic hydroxyl groups excluding tert-OH is 2. The number of Topliss-reactive ketones (excluding diaryl/α,β-unsaturated/α-hetero) is 1. The monoisotopic (exact) mass is 452 g/mol. The van der Waals surface area contributed by atoms with Gasteiger partial charge in [-0.1, -0.05) is 54.6 Å². The Bertz CT molecular complexity index is 1040. The summed E-state index contributed by atoms with van der Waals surface area (Å²) in [5.74, 6) is -1.46. The first kappa shape index (κ1) is 22.3. The van der Waals surface area contributed by atoms with Crippen LogP contribution in [0.15, 0.2) is 91.0 Å². The van der Waals surface area contributed by atoms with Crippen LogP contribution in [0.2, 0.25) is 1.41 Å². The van der Waals surface area contributed by atoms with Crippen molar-refractivity contribution in [2.75, 3.05) is 6.61 Å². The zero-order valence-corrected chi connectivity index (χ0v) is 17.6. The molecule has 4 atom stereocenters. The van der Waals surface area contributed by atoms with Gasteiger partial charge in [0.25, 0.3) is 11.7 Å². The maximum atomic E-state index is 12.9. The van der Waals surface area contributed by atoms with E-state index < -0.39 is 36.1 Å². The van der Waals surface area contributed by atoms with Crippen molar-refractivity contribution in [1.82, 2.24) is 0 Å². The Kier molecular flexibility index (Phi) is 7.88. The van der Waals surface area contributed by atoms with E-state index in [0.717, 1.165) is 0 Å². The highest BCUT2D eigenvalue weighted by Crippen LogP contribution is 2.22. The standard InChI is InChI=1S/C25H25NO7/c26-25(30)22(29)24(33-19-14-8-3-9-15-19)23(32-18-12-6-2-7-13-18)21(28)20(27)16-31-17-10-4-1-5-11-17/h1-15,20-21,23-24,27-28H,16H2,(H2,26,30)/t20-,21-,23+,24+/m1/s1/i/hD. The van der Waals surface area contributed by atoms with Gasteiger partial charge in [-0.2, -0.15) is 0 Å². The molecule has 0 radical (unpaired) electrons. The molecule has 0 heterocycles. The van der Waals surface area contributed by atoms with Gasteiger partial charge in [-0.3, -0.25) is 9.59 Å². The molecule has 3 aromatic rings. The number of rotatable bonds is 12. The number of carbonyl (C=O) groups excluding carboxylic acids is 2. The Morgan fingerprint density at radius 1 is 0.788 bits per heavy atom. The minimum absolute atomic E-state index is 0.225. The van der Waals surface area contributed by atoms with Crippen LogP contribution in [0.25, 0.3) is 0 Å². The van der Waals surface area contributed by atoms with Gasteiger partial charge in [0.15, 0.2) is 7.52 Å². The average Bonchev–Trinajstić information content (AvgIpc) is 2.89. The highest BCUT2D eigenvalue weighted by molar-refractivity contribution is 6.37. The van der Waals surface area contributed by atoms with Crippen molar-refractivity contribution in [1.29, 1.82) is 0 Å². The van der Waals surface area contributed by atoms with Gasteiger partial charge in [-0.05, 0) is 36.4 Å². The molecular weight excluding hydrogens is 426 g/mol. The molecule has 1 amide bonds. The summed E-state index contributed by atoms with van der Waals surface area (Å²) in [6.07, 6.45) is -6.43. The summed E-state index contributed by atoms with van der Waals surface area (Å²) in [7, 11) is 0. The summed E-state index contributed by atoms with van der Waals surface area (Å²) in [5.41, 5.74) is 1.52. The van der Waals surface area contributed by atoms with Crippen LogP contribution in [0.1, 0.15) is 0 Å². The second kappa shape index (κ2) is 11.7. The van der Waals surface area contributed by atoms with Crippen LogP contribution >= 0.6 is 0 Å². The number of aliphatic hydroxyl groups is 2. The van der Waals surface area contributed by atoms with E-state index in [-0.39, 0.29) is 18.1 Å². The molecule has 0 aliphatic carbocycles. The first-order valence-electron chi connectivity index (χ1n) is 10.7. The fourth-order valence-corrected chi connectivity index (χ4v) is 3.03. The molecule has 0 bridgehead atoms. The normalized spacial score (nSPS) is 14.7. The van der Waals surface area contributed by atoms with Gasteiger partial charge in [0.05, 0.1) is 0 Å². The van der Waals surface area contributed by atoms with Crippen LogP contribution in [0, 0.1) is 0 Å². The lowest BCUT2D eigenvalue weighted by Gasteiger charge is -2.32. The topological polar surface area (TPSA) is 128 Å². The number of primary amides is 1. The lowest BCUT2D eigenvalue weighted by atomic mass is 9.99. The average molecular weight is 452 g/mol. The Labute approximate surface area is 192 Å². The first-order valence-corrected chi connectivity index (χ1v) is 10.2. The number of benzene rings is 3. The first-order chi connectivity index (χ1) is 16.5. The largest absolute Gasteiger partial charge is 0.491 e. The highest BCUT2D eigenvalue weighted by atomic mass is 16.6. The van der Waals surface area contributed by atoms with Crippen molar-refractivity contribution in [3.8, 4) is 17.2 Å². The molecule has 0 aliphatic heterocycles. The molecule has 0 saturated heterocycles. The molecule has 0 fully saturated rings. The molecule has 0 aliphatic rings. The van der Waals surface area contributed by atoms with Crippen molar-refractivity contribution in [3.63, 3.8) is 0 Å². The number of para-hydroxylation sites is 3. The lowest BCUT2D eigenvalue weighted by molar-refractivity contribution is -0.149. The fourth-order valence-electron chi connectivity index (χ4n) is 3.03. The third kappa shape index (κ3) is 6.80. The molecular formula is C25H25NO7. The van der Waals surface area contributed by atoms with Crippen LogP contribution in [0.3, 0.4) is 0 Å². The Hall–Kier alpha value is -3.88. The Morgan fingerprint density at radius 3 is 1.79 bits per heavy atom. The number of ether oxygens (including phenoxy) is 3. The zero-order valence-electron chi connectivity index (χ0n) is 18.6. The number of hydrogen-bond acceptors (Lipinski definition) is 7. The van der Waals surface area contributed by atoms with Crippen molar-refractivity contribution < 1.29 is 35.4 Å². The van der Waals surface area contributed by atoms with E-state index in [0.29, 0.717) is 5.75 Å². The van der Waals surface area contributed by atoms with E-state index in [1.165, 1.54) is 5.73 Å². The smallest absolute Gasteiger partial charge is 0.288 e. The fraction of sp³-hybridized carbons (Fsp3) is 0.200. The van der Waals surface area contributed by atoms with E-state index in [2.05, 4.69) is 0 Å². The predicted octanol–water partition coefficient (Wildman–Crippen LogP) is 1.74. The van der Waals surface area contributed by atoms with Crippen molar-refractivity contribution in [2.45, 2.75) is 24.4 Å². The molecule has 33 heavy (non-hydrogen) atoms. The lowest BCUT2D eigenvalue weighted by Crippen LogP contribution is -2.56. The van der Waals surface area contributed by atoms with E-state index in [4.69, 9.17) is 15.6 Å². The maximum Gasteiger partial charge on any atom is 0.288 e. The summed E-state index contributed by atoms with van der Waals surface area (Å²) in [5, 5.41) is 21.7. The van der Waals surface area contributed by atoms with Crippen LogP contribution in [-0.4, -0.2) is 52.9 Å². The predicted molar refractivity (Wildman–Crippen MR) is 120 cm³/mol. The van der Waals surface area contributed by atoms with Crippen LogP contribution in [0.5, 0.6) is 17.2 Å². The molecule has 0 unspecified atom stereocenters. The Balaban J connectivity index is 1.89. The molecule has 4 N–H and O–H groups in total. The summed E-state index contributed by atoms with van der Waals surface area (Å²) >= 11 is 0. The number of ketones is 1. The summed E-state index contributed by atoms with van der Waals surface area (Å²) in [6.45, 7) is -0.323. The number of carbonyl (C=O) groups is 2. The van der Waals surface area contributed by atoms with E-state index in [1.807, 2.05) is 0 Å². The summed E-state index contributed by atoms with van der Waals surface area (Å²) in [4.78, 5) is 24.9. The molecule has 3 rings (SSSR count). The van der Waals surface area contributed by atoms with Gasteiger partial charge in [0, 0.05) is 0 Å².